The zero-order valence-electron chi connectivity index (χ0n) is 19.5. The molecule has 35 heavy (non-hydrogen) atoms. The van der Waals surface area contributed by atoms with Crippen molar-refractivity contribution in [2.24, 2.45) is 0 Å². The van der Waals surface area contributed by atoms with Crippen LogP contribution < -0.4 is 0 Å². The second-order valence-electron chi connectivity index (χ2n) is 9.17. The highest BCUT2D eigenvalue weighted by Gasteiger charge is 2.34. The van der Waals surface area contributed by atoms with Crippen LogP contribution in [0.4, 0.5) is 4.39 Å². The summed E-state index contributed by atoms with van der Waals surface area (Å²) in [6, 6.07) is 16.0. The average Bonchev–Trinajstić information content (AvgIpc) is 3.32. The molecule has 1 fully saturated rings. The van der Waals surface area contributed by atoms with Crippen molar-refractivity contribution in [1.29, 1.82) is 0 Å². The van der Waals surface area contributed by atoms with Gasteiger partial charge in [-0.25, -0.2) is 4.39 Å². The van der Waals surface area contributed by atoms with Gasteiger partial charge in [-0.15, -0.1) is 11.3 Å². The van der Waals surface area contributed by atoms with E-state index in [1.807, 2.05) is 47.1 Å². The third-order valence-corrected chi connectivity index (χ3v) is 8.37. The van der Waals surface area contributed by atoms with E-state index < -0.39 is 0 Å². The Labute approximate surface area is 217 Å². The summed E-state index contributed by atoms with van der Waals surface area (Å²) in [4.78, 5) is 33.6. The standard InChI is InChI=1S/C27H27BrFN3O2S/c1-18-16-30(11-12-32(18)27(34)20-5-2-6-21(28)14-20)25(33)17-31-10-8-24-23(9-13-35-24)26(31)19-4-3-7-22(29)15-19/h2-7,9,13-15,18,26H,8,10-12,16-17H2,1H3. The summed E-state index contributed by atoms with van der Waals surface area (Å²) in [7, 11) is 0. The third-order valence-electron chi connectivity index (χ3n) is 6.88. The van der Waals surface area contributed by atoms with E-state index >= 15 is 0 Å². The molecule has 5 nitrogen and oxygen atoms in total. The molecule has 5 rings (SSSR count). The molecule has 2 aliphatic rings. The molecule has 2 aliphatic heterocycles. The largest absolute Gasteiger partial charge is 0.338 e. The van der Waals surface area contributed by atoms with Gasteiger partial charge in [0.25, 0.3) is 5.91 Å². The Kier molecular flexibility index (Phi) is 7.05. The van der Waals surface area contributed by atoms with Crippen molar-refractivity contribution < 1.29 is 14.0 Å². The van der Waals surface area contributed by atoms with E-state index in [-0.39, 0.29) is 36.3 Å². The molecule has 3 aromatic rings. The van der Waals surface area contributed by atoms with E-state index in [0.29, 0.717) is 25.2 Å². The lowest BCUT2D eigenvalue weighted by molar-refractivity contribution is -0.135. The van der Waals surface area contributed by atoms with E-state index in [2.05, 4.69) is 32.3 Å². The molecule has 8 heteroatoms. The van der Waals surface area contributed by atoms with Crippen molar-refractivity contribution in [3.63, 3.8) is 0 Å². The predicted molar refractivity (Wildman–Crippen MR) is 139 cm³/mol. The minimum atomic E-state index is -0.267. The molecule has 3 heterocycles. The van der Waals surface area contributed by atoms with Crippen molar-refractivity contribution >= 4 is 39.1 Å². The van der Waals surface area contributed by atoms with Crippen LogP contribution >= 0.6 is 27.3 Å². The summed E-state index contributed by atoms with van der Waals surface area (Å²) in [5.41, 5.74) is 2.68. The van der Waals surface area contributed by atoms with Gasteiger partial charge in [0.15, 0.2) is 0 Å². The van der Waals surface area contributed by atoms with Gasteiger partial charge in [0, 0.05) is 47.1 Å². The maximum atomic E-state index is 14.1. The molecule has 182 valence electrons. The number of nitrogens with zero attached hydrogens (tertiary/aromatic N) is 3. The van der Waals surface area contributed by atoms with E-state index in [1.165, 1.54) is 10.9 Å². The van der Waals surface area contributed by atoms with Crippen LogP contribution in [0.2, 0.25) is 0 Å². The Bertz CT molecular complexity index is 1250. The average molecular weight is 557 g/mol. The number of thiophene rings is 1. The number of halogens is 2. The van der Waals surface area contributed by atoms with E-state index in [1.54, 1.807) is 23.5 Å². The lowest BCUT2D eigenvalue weighted by Crippen LogP contribution is -2.57. The van der Waals surface area contributed by atoms with Gasteiger partial charge in [-0.3, -0.25) is 14.5 Å². The second-order valence-corrected chi connectivity index (χ2v) is 11.1. The van der Waals surface area contributed by atoms with Crippen LogP contribution in [0.3, 0.4) is 0 Å². The molecular weight excluding hydrogens is 529 g/mol. The number of carbonyl (C=O) groups is 2. The summed E-state index contributed by atoms with van der Waals surface area (Å²) < 4.78 is 14.9. The first-order chi connectivity index (χ1) is 16.9. The number of hydrogen-bond donors (Lipinski definition) is 0. The number of carbonyl (C=O) groups excluding carboxylic acids is 2. The van der Waals surface area contributed by atoms with Crippen molar-refractivity contribution in [1.82, 2.24) is 14.7 Å². The Balaban J connectivity index is 1.28. The molecule has 1 saturated heterocycles. The van der Waals surface area contributed by atoms with Crippen LogP contribution in [-0.2, 0) is 11.2 Å². The van der Waals surface area contributed by atoms with Crippen molar-refractivity contribution in [3.8, 4) is 0 Å². The molecule has 0 saturated carbocycles. The van der Waals surface area contributed by atoms with E-state index in [9.17, 15) is 14.0 Å². The van der Waals surface area contributed by atoms with Gasteiger partial charge in [0.1, 0.15) is 5.82 Å². The topological polar surface area (TPSA) is 43.9 Å². The van der Waals surface area contributed by atoms with Crippen molar-refractivity contribution in [3.05, 3.63) is 91.8 Å². The molecule has 2 aromatic carbocycles. The highest BCUT2D eigenvalue weighted by atomic mass is 79.9. The van der Waals surface area contributed by atoms with Gasteiger partial charge in [0.05, 0.1) is 12.6 Å². The number of piperazine rings is 1. The quantitative estimate of drug-likeness (QED) is 0.456. The number of benzene rings is 2. The zero-order valence-corrected chi connectivity index (χ0v) is 21.9. The lowest BCUT2D eigenvalue weighted by atomic mass is 9.93. The molecule has 0 aliphatic carbocycles. The van der Waals surface area contributed by atoms with Crippen LogP contribution in [0.1, 0.15) is 39.3 Å². The van der Waals surface area contributed by atoms with Crippen LogP contribution in [0.5, 0.6) is 0 Å². The van der Waals surface area contributed by atoms with Gasteiger partial charge >= 0.3 is 0 Å². The Morgan fingerprint density at radius 1 is 1.09 bits per heavy atom. The smallest absolute Gasteiger partial charge is 0.254 e. The van der Waals surface area contributed by atoms with Crippen LogP contribution in [0.25, 0.3) is 0 Å². The second kappa shape index (κ2) is 10.2. The van der Waals surface area contributed by atoms with E-state index in [4.69, 9.17) is 0 Å². The maximum Gasteiger partial charge on any atom is 0.254 e. The first-order valence-electron chi connectivity index (χ1n) is 11.8. The number of fused-ring (bicyclic) bond motifs is 1. The van der Waals surface area contributed by atoms with Crippen LogP contribution in [0.15, 0.2) is 64.5 Å². The summed E-state index contributed by atoms with van der Waals surface area (Å²) in [5.74, 6) is -0.235. The molecule has 2 amide bonds. The summed E-state index contributed by atoms with van der Waals surface area (Å²) in [6.45, 7) is 4.51. The minimum Gasteiger partial charge on any atom is -0.338 e. The molecule has 0 radical (unpaired) electrons. The Morgan fingerprint density at radius 2 is 1.91 bits per heavy atom. The zero-order chi connectivity index (χ0) is 24.5. The monoisotopic (exact) mass is 555 g/mol. The van der Waals surface area contributed by atoms with Gasteiger partial charge in [-0.2, -0.15) is 0 Å². The van der Waals surface area contributed by atoms with Crippen LogP contribution in [0, 0.1) is 5.82 Å². The van der Waals surface area contributed by atoms with Gasteiger partial charge in [-0.05, 0) is 66.2 Å². The lowest BCUT2D eigenvalue weighted by Gasteiger charge is -2.42. The van der Waals surface area contributed by atoms with Gasteiger partial charge in [0.2, 0.25) is 5.91 Å². The first-order valence-corrected chi connectivity index (χ1v) is 13.5. The fourth-order valence-corrected chi connectivity index (χ4v) is 6.46. The molecule has 2 atom stereocenters. The Hall–Kier alpha value is -2.55. The summed E-state index contributed by atoms with van der Waals surface area (Å²) in [5, 5.41) is 2.07. The fourth-order valence-electron chi connectivity index (χ4n) is 5.15. The highest BCUT2D eigenvalue weighted by Crippen LogP contribution is 2.37. The van der Waals surface area contributed by atoms with Gasteiger partial charge in [-0.1, -0.05) is 34.1 Å². The predicted octanol–water partition coefficient (Wildman–Crippen LogP) is 4.97. The number of amides is 2. The molecule has 2 unspecified atom stereocenters. The Morgan fingerprint density at radius 3 is 2.69 bits per heavy atom. The minimum absolute atomic E-state index is 0.0157. The number of rotatable bonds is 4. The van der Waals surface area contributed by atoms with E-state index in [0.717, 1.165) is 28.6 Å². The first kappa shape index (κ1) is 24.2. The third kappa shape index (κ3) is 5.06. The van der Waals surface area contributed by atoms with Crippen molar-refractivity contribution in [2.45, 2.75) is 25.4 Å². The summed E-state index contributed by atoms with van der Waals surface area (Å²) in [6.07, 6.45) is 0.886. The van der Waals surface area contributed by atoms with Gasteiger partial charge < -0.3 is 9.80 Å². The normalized spacial score (nSPS) is 20.5. The molecule has 0 bridgehead atoms. The molecular formula is C27H27BrFN3O2S. The summed E-state index contributed by atoms with van der Waals surface area (Å²) >= 11 is 5.15. The van der Waals surface area contributed by atoms with Crippen LogP contribution in [-0.4, -0.2) is 65.3 Å². The van der Waals surface area contributed by atoms with Crippen molar-refractivity contribution in [2.75, 3.05) is 32.7 Å². The molecule has 0 N–H and O–H groups in total. The fraction of sp³-hybridized carbons (Fsp3) is 0.333. The highest BCUT2D eigenvalue weighted by molar-refractivity contribution is 9.10. The molecule has 1 aromatic heterocycles. The molecule has 0 spiro atoms. The SMILES string of the molecule is CC1CN(C(=O)CN2CCc3sccc3C2c2cccc(F)c2)CCN1C(=O)c1cccc(Br)c1. The maximum absolute atomic E-state index is 14.1. The number of hydrogen-bond acceptors (Lipinski definition) is 4.